The average Bonchev–Trinajstić information content (AvgIpc) is 3.84. The third-order valence-electron chi connectivity index (χ3n) is 13.6. The van der Waals surface area contributed by atoms with Crippen molar-refractivity contribution in [3.05, 3.63) is 95.1 Å². The predicted octanol–water partition coefficient (Wildman–Crippen LogP) is 9.64. The van der Waals surface area contributed by atoms with Crippen LogP contribution >= 0.6 is 22.6 Å². The first-order valence-corrected chi connectivity index (χ1v) is 23.1. The maximum atomic E-state index is 4.64. The van der Waals surface area contributed by atoms with Gasteiger partial charge in [0.15, 0.2) is 0 Å². The Morgan fingerprint density at radius 1 is 1.00 bits per heavy atom. The number of hydrogen-bond acceptors (Lipinski definition) is 0. The molecule has 5 aliphatic rings. The summed E-state index contributed by atoms with van der Waals surface area (Å²) in [5, 5.41) is 0. The summed E-state index contributed by atoms with van der Waals surface area (Å²) in [6, 6.07) is 10.5. The molecule has 0 radical (unpaired) electrons. The molecule has 0 heterocycles. The van der Waals surface area contributed by atoms with Gasteiger partial charge in [-0.15, -0.1) is 0 Å². The Kier molecular flexibility index (Phi) is 11.6. The van der Waals surface area contributed by atoms with Crippen molar-refractivity contribution in [2.45, 2.75) is 132 Å². The Hall–Kier alpha value is -0.620. The van der Waals surface area contributed by atoms with E-state index in [2.05, 4.69) is 118 Å². The Morgan fingerprint density at radius 3 is 2.52 bits per heavy atom. The first-order chi connectivity index (χ1) is 22.1. The van der Waals surface area contributed by atoms with Gasteiger partial charge >= 0.3 is 297 Å². The monoisotopic (exact) mass is 843 g/mol. The molecule has 6 rings (SSSR count). The molecule has 2 heteroatoms. The normalized spacial score (nSPS) is 33.2. The van der Waals surface area contributed by atoms with Gasteiger partial charge < -0.3 is 0 Å². The van der Waals surface area contributed by atoms with E-state index in [1.54, 1.807) is 27.8 Å². The molecule has 5 aliphatic carbocycles. The second kappa shape index (κ2) is 15.1. The third-order valence-corrected chi connectivity index (χ3v) is 17.9. The van der Waals surface area contributed by atoms with Crippen molar-refractivity contribution in [3.63, 3.8) is 0 Å². The van der Waals surface area contributed by atoms with Crippen LogP contribution in [0.3, 0.4) is 0 Å². The second-order valence-electron chi connectivity index (χ2n) is 16.6. The molecule has 0 bridgehead atoms. The molecule has 252 valence electrons. The quantitative estimate of drug-likeness (QED) is 0.0902. The van der Waals surface area contributed by atoms with E-state index in [-0.39, 0.29) is 37.5 Å². The molecule has 46 heavy (non-hydrogen) atoms. The summed E-state index contributed by atoms with van der Waals surface area (Å²) in [6.45, 7) is 14.9. The van der Waals surface area contributed by atoms with E-state index >= 15 is 0 Å². The molecule has 3 fully saturated rings. The molecule has 0 aromatic heterocycles. The van der Waals surface area contributed by atoms with Crippen molar-refractivity contribution in [1.29, 1.82) is 0 Å². The van der Waals surface area contributed by atoms with Gasteiger partial charge in [-0.3, -0.25) is 0 Å². The van der Waals surface area contributed by atoms with E-state index in [0.29, 0.717) is 0 Å². The van der Waals surface area contributed by atoms with Crippen LogP contribution in [0.4, 0.5) is 0 Å². The second-order valence-corrected chi connectivity index (χ2v) is 21.7. The summed E-state index contributed by atoms with van der Waals surface area (Å²) < 4.78 is 3.69. The summed E-state index contributed by atoms with van der Waals surface area (Å²) in [7, 11) is 0. The number of benzene rings is 1. The maximum absolute atomic E-state index is 4.64. The van der Waals surface area contributed by atoms with Gasteiger partial charge in [0.25, 0.3) is 0 Å². The van der Waals surface area contributed by atoms with Crippen LogP contribution in [0.1, 0.15) is 129 Å². The first-order valence-electron chi connectivity index (χ1n) is 18.8. The minimum absolute atomic E-state index is 0.126. The standard InChI is InChI=1S/C44H61I2/c1-6-46-31-43(5,40-19-18-32(2)26-36(28-40)35-14-11-17-41(45)29-35)38-20-22-39(23-21-38)44(42(3,4)37-15-9-10-16-37)25-24-34(30-44)27-33-12-7-8-13-33/h7-9,12,15-16,20-23,34-36,40-41H,2,6,10-11,13-14,17-19,24-31H2,1,3-5H3/q-1/t34?,35?,36-,40?,41+,43-,44?/m0/s1. The van der Waals surface area contributed by atoms with Gasteiger partial charge in [0.05, 0.1) is 0 Å². The van der Waals surface area contributed by atoms with Crippen molar-refractivity contribution in [1.82, 2.24) is 0 Å². The summed E-state index contributed by atoms with van der Waals surface area (Å²) >= 11 is 2.96. The fourth-order valence-electron chi connectivity index (χ4n) is 10.6. The van der Waals surface area contributed by atoms with E-state index in [9.17, 15) is 0 Å². The fourth-order valence-corrected chi connectivity index (χ4v) is 14.4. The van der Waals surface area contributed by atoms with Crippen LogP contribution in [0.2, 0.25) is 0 Å². The van der Waals surface area contributed by atoms with Crippen LogP contribution in [0.5, 0.6) is 0 Å². The zero-order valence-corrected chi connectivity index (χ0v) is 33.8. The molecule has 7 atom stereocenters. The molecule has 1 aromatic carbocycles. The summed E-state index contributed by atoms with van der Waals surface area (Å²) in [5.74, 6) is 3.31. The Morgan fingerprint density at radius 2 is 1.83 bits per heavy atom. The van der Waals surface area contributed by atoms with E-state index in [1.807, 2.05) is 0 Å². The molecule has 1 aromatic rings. The van der Waals surface area contributed by atoms with Gasteiger partial charge in [0.1, 0.15) is 0 Å². The van der Waals surface area contributed by atoms with Crippen LogP contribution in [0, 0.1) is 29.1 Å². The number of allylic oxidation sites excluding steroid dienone is 9. The number of halogens is 2. The molecular formula is C44H61I2-. The first kappa shape index (κ1) is 35.2. The van der Waals surface area contributed by atoms with E-state index < -0.39 is 0 Å². The Balaban J connectivity index is 1.30. The molecule has 0 spiro atoms. The average molecular weight is 844 g/mol. The van der Waals surface area contributed by atoms with Crippen LogP contribution in [0.15, 0.2) is 84.0 Å². The zero-order chi connectivity index (χ0) is 32.4. The topological polar surface area (TPSA) is 0 Å². The molecule has 0 amide bonds. The number of alkyl halides is 3. The molecule has 0 saturated heterocycles. The van der Waals surface area contributed by atoms with Gasteiger partial charge in [-0.2, -0.15) is 0 Å². The molecular weight excluding hydrogens is 782 g/mol. The molecule has 0 aliphatic heterocycles. The summed E-state index contributed by atoms with van der Waals surface area (Å²) in [6.07, 6.45) is 32.9. The van der Waals surface area contributed by atoms with Gasteiger partial charge in [-0.25, -0.2) is 0 Å². The summed E-state index contributed by atoms with van der Waals surface area (Å²) in [4.78, 5) is 0. The number of rotatable bonds is 11. The van der Waals surface area contributed by atoms with Crippen molar-refractivity contribution in [3.8, 4) is 0 Å². The van der Waals surface area contributed by atoms with E-state index in [0.717, 1.165) is 34.0 Å². The van der Waals surface area contributed by atoms with Gasteiger partial charge in [-0.1, -0.05) is 12.2 Å². The minimum atomic E-state index is 0.126. The molecule has 0 nitrogen and oxygen atoms in total. The van der Waals surface area contributed by atoms with Crippen molar-refractivity contribution in [2.24, 2.45) is 29.1 Å². The van der Waals surface area contributed by atoms with Gasteiger partial charge in [-0.05, 0) is 0 Å². The third kappa shape index (κ3) is 7.29. The van der Waals surface area contributed by atoms with Crippen LogP contribution in [-0.4, -0.2) is 12.8 Å². The number of hydrogen-bond donors (Lipinski definition) is 0. The Bertz CT molecular complexity index is 1340. The van der Waals surface area contributed by atoms with Crippen LogP contribution < -0.4 is 21.2 Å². The molecule has 4 unspecified atom stereocenters. The van der Waals surface area contributed by atoms with Gasteiger partial charge in [0, 0.05) is 0 Å². The fraction of sp³-hybridized carbons (Fsp3) is 0.636. The predicted molar refractivity (Wildman–Crippen MR) is 205 cm³/mol. The van der Waals surface area contributed by atoms with Crippen LogP contribution in [-0.2, 0) is 10.8 Å². The van der Waals surface area contributed by atoms with Gasteiger partial charge in [0.2, 0.25) is 0 Å². The molecule has 3 saturated carbocycles. The van der Waals surface area contributed by atoms with Crippen molar-refractivity contribution < 1.29 is 21.2 Å². The molecule has 0 N–H and O–H groups in total. The zero-order valence-electron chi connectivity index (χ0n) is 29.4. The van der Waals surface area contributed by atoms with Crippen molar-refractivity contribution >= 4 is 22.6 Å². The SMILES string of the molecule is C=C1CCC([C@@](C)(C[I-]CC)c2ccc(C3(C(C)(C)C4=CCC=C4)CCC(CC4=CC=CC4)C3)cc2)C[C@@H](C2CCC[C@@H](I)C2)C1. The van der Waals surface area contributed by atoms with Crippen molar-refractivity contribution in [2.75, 3.05) is 8.86 Å². The summed E-state index contributed by atoms with van der Waals surface area (Å²) in [5.41, 5.74) is 8.61. The Labute approximate surface area is 306 Å². The van der Waals surface area contributed by atoms with Crippen LogP contribution in [0.25, 0.3) is 0 Å². The van der Waals surface area contributed by atoms with E-state index in [4.69, 9.17) is 0 Å². The van der Waals surface area contributed by atoms with E-state index in [1.165, 1.54) is 92.3 Å².